The van der Waals surface area contributed by atoms with Crippen molar-refractivity contribution in [2.45, 2.75) is 39.5 Å². The molecule has 0 unspecified atom stereocenters. The third kappa shape index (κ3) is 5.05. The van der Waals surface area contributed by atoms with Crippen molar-refractivity contribution in [3.8, 4) is 5.75 Å². The first kappa shape index (κ1) is 18.0. The minimum Gasteiger partial charge on any atom is -0.493 e. The van der Waals surface area contributed by atoms with E-state index in [1.54, 1.807) is 0 Å². The second kappa shape index (κ2) is 7.93. The van der Waals surface area contributed by atoms with E-state index in [1.807, 2.05) is 19.1 Å². The van der Waals surface area contributed by atoms with Gasteiger partial charge in [-0.15, -0.1) is 0 Å². The van der Waals surface area contributed by atoms with Crippen molar-refractivity contribution in [2.75, 3.05) is 39.5 Å². The zero-order chi connectivity index (χ0) is 16.9. The maximum absolute atomic E-state index is 12.7. The number of ether oxygens (including phenoxy) is 2. The van der Waals surface area contributed by atoms with Gasteiger partial charge in [-0.05, 0) is 30.0 Å². The molecule has 0 aliphatic carbocycles. The van der Waals surface area contributed by atoms with E-state index >= 15 is 0 Å². The first-order valence-electron chi connectivity index (χ1n) is 8.52. The normalized spacial score (nSPS) is 16.3. The molecule has 0 amide bonds. The van der Waals surface area contributed by atoms with Gasteiger partial charge in [0, 0.05) is 26.1 Å². The fourth-order valence-corrected chi connectivity index (χ4v) is 2.71. The number of benzene rings is 1. The van der Waals surface area contributed by atoms with Crippen molar-refractivity contribution >= 4 is 5.78 Å². The maximum atomic E-state index is 12.7. The molecule has 128 valence electrons. The van der Waals surface area contributed by atoms with Gasteiger partial charge in [-0.25, -0.2) is 0 Å². The highest BCUT2D eigenvalue weighted by Crippen LogP contribution is 2.29. The lowest BCUT2D eigenvalue weighted by Crippen LogP contribution is -2.37. The average Bonchev–Trinajstić information content (AvgIpc) is 2.53. The molecule has 0 bridgehead atoms. The third-order valence-electron chi connectivity index (χ3n) is 4.20. The van der Waals surface area contributed by atoms with Gasteiger partial charge in [0.15, 0.2) is 5.78 Å². The highest BCUT2D eigenvalue weighted by molar-refractivity contribution is 5.99. The lowest BCUT2D eigenvalue weighted by molar-refractivity contribution is 0.0370. The summed E-state index contributed by atoms with van der Waals surface area (Å²) in [7, 11) is 0. The fraction of sp³-hybridized carbons (Fsp3) is 0.632. The van der Waals surface area contributed by atoms with Crippen molar-refractivity contribution in [2.24, 2.45) is 0 Å². The summed E-state index contributed by atoms with van der Waals surface area (Å²) in [5, 5.41) is 0. The highest BCUT2D eigenvalue weighted by Gasteiger charge is 2.20. The molecule has 4 heteroatoms. The van der Waals surface area contributed by atoms with Crippen LogP contribution in [0.15, 0.2) is 18.2 Å². The van der Waals surface area contributed by atoms with Gasteiger partial charge in [0.05, 0.1) is 25.4 Å². The van der Waals surface area contributed by atoms with Crippen LogP contribution in [0.4, 0.5) is 0 Å². The van der Waals surface area contributed by atoms with E-state index < -0.39 is 0 Å². The number of hydrogen-bond donors (Lipinski definition) is 0. The second-order valence-corrected chi connectivity index (χ2v) is 7.02. The fourth-order valence-electron chi connectivity index (χ4n) is 2.71. The molecular weight excluding hydrogens is 290 g/mol. The summed E-state index contributed by atoms with van der Waals surface area (Å²) in [4.78, 5) is 15.0. The van der Waals surface area contributed by atoms with Crippen molar-refractivity contribution in [1.82, 2.24) is 4.90 Å². The molecule has 4 nitrogen and oxygen atoms in total. The Kier molecular flexibility index (Phi) is 6.19. The Balaban J connectivity index is 2.12. The molecule has 1 aromatic rings. The number of nitrogens with zero attached hydrogens (tertiary/aromatic N) is 1. The first-order valence-corrected chi connectivity index (χ1v) is 8.52. The number of morpholine rings is 1. The summed E-state index contributed by atoms with van der Waals surface area (Å²) < 4.78 is 11.0. The molecule has 1 saturated heterocycles. The second-order valence-electron chi connectivity index (χ2n) is 7.02. The molecule has 0 saturated carbocycles. The molecule has 1 aliphatic heterocycles. The lowest BCUT2D eigenvalue weighted by atomic mass is 9.85. The van der Waals surface area contributed by atoms with Crippen LogP contribution in [0.25, 0.3) is 0 Å². The molecular formula is C19H29NO3. The molecule has 0 N–H and O–H groups in total. The maximum Gasteiger partial charge on any atom is 0.167 e. The van der Waals surface area contributed by atoms with Crippen LogP contribution in [-0.4, -0.2) is 50.1 Å². The van der Waals surface area contributed by atoms with E-state index in [4.69, 9.17) is 9.47 Å². The summed E-state index contributed by atoms with van der Waals surface area (Å²) >= 11 is 0. The van der Waals surface area contributed by atoms with Gasteiger partial charge < -0.3 is 9.47 Å². The highest BCUT2D eigenvalue weighted by atomic mass is 16.5. The summed E-state index contributed by atoms with van der Waals surface area (Å²) in [6, 6.07) is 6.00. The summed E-state index contributed by atoms with van der Waals surface area (Å²) in [6.45, 7) is 13.1. The SMILES string of the molecule is CCOc1ccc(C(C)(C)C)cc1C(=O)CCN1CCOCC1. The van der Waals surface area contributed by atoms with E-state index in [-0.39, 0.29) is 11.2 Å². The number of carbonyl (C=O) groups is 1. The minimum absolute atomic E-state index is 0.0178. The van der Waals surface area contributed by atoms with Gasteiger partial charge in [-0.3, -0.25) is 9.69 Å². The standard InChI is InChI=1S/C19H29NO3/c1-5-23-18-7-6-15(19(2,3)4)14-16(18)17(21)8-9-20-10-12-22-13-11-20/h6-7,14H,5,8-13H2,1-4H3. The average molecular weight is 319 g/mol. The van der Waals surface area contributed by atoms with Gasteiger partial charge >= 0.3 is 0 Å². The number of Topliss-reactive ketones (excluding diaryl/α,β-unsaturated/α-hetero) is 1. The first-order chi connectivity index (χ1) is 10.9. The van der Waals surface area contributed by atoms with Crippen molar-refractivity contribution in [3.05, 3.63) is 29.3 Å². The third-order valence-corrected chi connectivity index (χ3v) is 4.20. The predicted molar refractivity (Wildman–Crippen MR) is 92.5 cm³/mol. The Morgan fingerprint density at radius 3 is 2.57 bits per heavy atom. The number of ketones is 1. The Morgan fingerprint density at radius 2 is 1.96 bits per heavy atom. The van der Waals surface area contributed by atoms with Crippen LogP contribution in [0, 0.1) is 0 Å². The molecule has 0 spiro atoms. The smallest absolute Gasteiger partial charge is 0.167 e. The molecule has 1 fully saturated rings. The van der Waals surface area contributed by atoms with E-state index in [0.29, 0.717) is 24.3 Å². The zero-order valence-corrected chi connectivity index (χ0v) is 14.9. The van der Waals surface area contributed by atoms with E-state index in [2.05, 4.69) is 31.7 Å². The quantitative estimate of drug-likeness (QED) is 0.754. The Bertz CT molecular complexity index is 528. The topological polar surface area (TPSA) is 38.8 Å². The van der Waals surface area contributed by atoms with Gasteiger partial charge in [0.1, 0.15) is 5.75 Å². The van der Waals surface area contributed by atoms with Gasteiger partial charge in [0.2, 0.25) is 0 Å². The van der Waals surface area contributed by atoms with Gasteiger partial charge in [-0.1, -0.05) is 26.8 Å². The molecule has 1 aliphatic rings. The molecule has 1 aromatic carbocycles. The number of rotatable bonds is 6. The van der Waals surface area contributed by atoms with E-state index in [9.17, 15) is 4.79 Å². The number of carbonyl (C=O) groups excluding carboxylic acids is 1. The van der Waals surface area contributed by atoms with Crippen LogP contribution < -0.4 is 4.74 Å². The van der Waals surface area contributed by atoms with Crippen LogP contribution in [0.3, 0.4) is 0 Å². The molecule has 0 radical (unpaired) electrons. The van der Waals surface area contributed by atoms with Crippen LogP contribution >= 0.6 is 0 Å². The molecule has 23 heavy (non-hydrogen) atoms. The van der Waals surface area contributed by atoms with Crippen molar-refractivity contribution in [1.29, 1.82) is 0 Å². The summed E-state index contributed by atoms with van der Waals surface area (Å²) in [6.07, 6.45) is 0.521. The lowest BCUT2D eigenvalue weighted by Gasteiger charge is -2.26. The Morgan fingerprint density at radius 1 is 1.26 bits per heavy atom. The Hall–Kier alpha value is -1.39. The van der Waals surface area contributed by atoms with Crippen LogP contribution in [-0.2, 0) is 10.2 Å². The minimum atomic E-state index is 0.0178. The molecule has 2 rings (SSSR count). The largest absolute Gasteiger partial charge is 0.493 e. The van der Waals surface area contributed by atoms with Crippen LogP contribution in [0.1, 0.15) is 50.0 Å². The summed E-state index contributed by atoms with van der Waals surface area (Å²) in [5.74, 6) is 0.860. The van der Waals surface area contributed by atoms with Crippen molar-refractivity contribution in [3.63, 3.8) is 0 Å². The predicted octanol–water partition coefficient (Wildman–Crippen LogP) is 3.29. The Labute approximate surface area is 139 Å². The van der Waals surface area contributed by atoms with Crippen LogP contribution in [0.5, 0.6) is 5.75 Å². The van der Waals surface area contributed by atoms with E-state index in [1.165, 1.54) is 0 Å². The monoisotopic (exact) mass is 319 g/mol. The zero-order valence-electron chi connectivity index (χ0n) is 14.9. The van der Waals surface area contributed by atoms with Crippen molar-refractivity contribution < 1.29 is 14.3 Å². The number of hydrogen-bond acceptors (Lipinski definition) is 4. The van der Waals surface area contributed by atoms with Crippen LogP contribution in [0.2, 0.25) is 0 Å². The molecule has 0 atom stereocenters. The van der Waals surface area contributed by atoms with E-state index in [0.717, 1.165) is 38.4 Å². The van der Waals surface area contributed by atoms with Gasteiger partial charge in [-0.2, -0.15) is 0 Å². The van der Waals surface area contributed by atoms with Gasteiger partial charge in [0.25, 0.3) is 0 Å². The molecule has 1 heterocycles. The molecule has 0 aromatic heterocycles. The summed E-state index contributed by atoms with van der Waals surface area (Å²) in [5.41, 5.74) is 1.90.